The first-order valence-electron chi connectivity index (χ1n) is 10.9. The molecule has 0 spiro atoms. The number of amides is 1. The number of hydrogen-bond donors (Lipinski definition) is 0. The molecule has 3 aromatic carbocycles. The first-order chi connectivity index (χ1) is 16.3. The van der Waals surface area contributed by atoms with Crippen LogP contribution < -0.4 is 9.64 Å². The third-order valence-corrected chi connectivity index (χ3v) is 7.58. The zero-order valence-electron chi connectivity index (χ0n) is 19.1. The maximum absolute atomic E-state index is 13.3. The Morgan fingerprint density at radius 2 is 1.88 bits per heavy atom. The van der Waals surface area contributed by atoms with Gasteiger partial charge in [0.2, 0.25) is 15.9 Å². The van der Waals surface area contributed by atoms with Gasteiger partial charge in [0.15, 0.2) is 0 Å². The van der Waals surface area contributed by atoms with E-state index in [2.05, 4.69) is 0 Å². The molecular formula is C26H25N3O4S. The third kappa shape index (κ3) is 4.96. The second kappa shape index (κ2) is 9.67. The van der Waals surface area contributed by atoms with Gasteiger partial charge >= 0.3 is 0 Å². The van der Waals surface area contributed by atoms with Crippen molar-refractivity contribution in [2.45, 2.75) is 31.8 Å². The van der Waals surface area contributed by atoms with E-state index in [-0.39, 0.29) is 36.1 Å². The first-order valence-corrected chi connectivity index (χ1v) is 12.3. The lowest BCUT2D eigenvalue weighted by molar-refractivity contribution is -0.116. The molecule has 0 atom stereocenters. The molecule has 4 rings (SSSR count). The Labute approximate surface area is 199 Å². The van der Waals surface area contributed by atoms with Crippen LogP contribution in [0.4, 0.5) is 5.69 Å². The highest BCUT2D eigenvalue weighted by molar-refractivity contribution is 7.89. The van der Waals surface area contributed by atoms with Crippen LogP contribution in [0, 0.1) is 18.3 Å². The molecule has 0 aromatic heterocycles. The van der Waals surface area contributed by atoms with Crippen molar-refractivity contribution in [2.75, 3.05) is 18.1 Å². The Hall–Kier alpha value is -3.67. The van der Waals surface area contributed by atoms with Gasteiger partial charge < -0.3 is 9.64 Å². The van der Waals surface area contributed by atoms with Crippen LogP contribution in [0.3, 0.4) is 0 Å². The van der Waals surface area contributed by atoms with E-state index < -0.39 is 10.0 Å². The van der Waals surface area contributed by atoms with Crippen LogP contribution in [0.1, 0.15) is 29.2 Å². The monoisotopic (exact) mass is 475 g/mol. The highest BCUT2D eigenvalue weighted by Crippen LogP contribution is 2.29. The second-order valence-electron chi connectivity index (χ2n) is 8.21. The molecule has 8 heteroatoms. The second-order valence-corrected chi connectivity index (χ2v) is 10.1. The molecule has 174 valence electrons. The molecule has 0 saturated heterocycles. The minimum atomic E-state index is -3.82. The van der Waals surface area contributed by atoms with E-state index in [1.54, 1.807) is 17.0 Å². The van der Waals surface area contributed by atoms with Crippen molar-refractivity contribution in [1.29, 1.82) is 5.26 Å². The fourth-order valence-electron chi connectivity index (χ4n) is 3.89. The van der Waals surface area contributed by atoms with Gasteiger partial charge in [0.1, 0.15) is 12.4 Å². The molecule has 0 fully saturated rings. The third-order valence-electron chi connectivity index (χ3n) is 5.74. The van der Waals surface area contributed by atoms with Crippen LogP contribution in [0.15, 0.2) is 71.6 Å². The normalized spacial score (nSPS) is 13.8. The predicted octanol–water partition coefficient (Wildman–Crippen LogP) is 4.00. The van der Waals surface area contributed by atoms with Crippen LogP contribution in [-0.4, -0.2) is 31.8 Å². The SMILES string of the molecule is CC(=O)N(Cc1ccc2c(c1)CN(S(=O)(=O)c1cccc(C#N)c1)CCO2)c1ccc(C)cc1. The van der Waals surface area contributed by atoms with Gasteiger partial charge in [-0.3, -0.25) is 4.79 Å². The minimum absolute atomic E-state index is 0.0771. The van der Waals surface area contributed by atoms with Gasteiger partial charge in [-0.1, -0.05) is 29.8 Å². The molecular weight excluding hydrogens is 450 g/mol. The van der Waals surface area contributed by atoms with Gasteiger partial charge in [-0.05, 0) is 55.0 Å². The summed E-state index contributed by atoms with van der Waals surface area (Å²) in [4.78, 5) is 14.1. The summed E-state index contributed by atoms with van der Waals surface area (Å²) < 4.78 is 33.8. The van der Waals surface area contributed by atoms with Gasteiger partial charge in [-0.25, -0.2) is 8.42 Å². The fraction of sp³-hybridized carbons (Fsp3) is 0.231. The Morgan fingerprint density at radius 3 is 2.59 bits per heavy atom. The van der Waals surface area contributed by atoms with E-state index >= 15 is 0 Å². The minimum Gasteiger partial charge on any atom is -0.492 e. The van der Waals surface area contributed by atoms with Crippen molar-refractivity contribution in [2.24, 2.45) is 0 Å². The summed E-state index contributed by atoms with van der Waals surface area (Å²) in [6.45, 7) is 4.40. The molecule has 1 aliphatic rings. The standard InChI is InChI=1S/C26H25N3O4S/c1-19-6-9-24(10-7-19)29(20(2)30)17-22-8-11-26-23(14-22)18-28(12-13-33-26)34(31,32)25-5-3-4-21(15-25)16-27/h3-11,14-15H,12-13,17-18H2,1-2H3. The van der Waals surface area contributed by atoms with Crippen LogP contribution in [-0.2, 0) is 27.9 Å². The number of fused-ring (bicyclic) bond motifs is 1. The van der Waals surface area contributed by atoms with Crippen LogP contribution in [0.2, 0.25) is 0 Å². The number of carbonyl (C=O) groups is 1. The molecule has 0 aliphatic carbocycles. The van der Waals surface area contributed by atoms with Crippen LogP contribution >= 0.6 is 0 Å². The average molecular weight is 476 g/mol. The quantitative estimate of drug-likeness (QED) is 0.556. The van der Waals surface area contributed by atoms with E-state index in [4.69, 9.17) is 10.00 Å². The van der Waals surface area contributed by atoms with E-state index in [0.717, 1.165) is 22.4 Å². The fourth-order valence-corrected chi connectivity index (χ4v) is 5.34. The Bertz CT molecular complexity index is 1360. The van der Waals surface area contributed by atoms with Gasteiger partial charge in [-0.2, -0.15) is 9.57 Å². The molecule has 0 radical (unpaired) electrons. The summed E-state index contributed by atoms with van der Waals surface area (Å²) in [5.41, 5.74) is 3.78. The number of aryl methyl sites for hydroxylation is 1. The van der Waals surface area contributed by atoms with Crippen LogP contribution in [0.5, 0.6) is 5.75 Å². The van der Waals surface area contributed by atoms with Crippen molar-refractivity contribution in [3.63, 3.8) is 0 Å². The maximum Gasteiger partial charge on any atom is 0.243 e. The van der Waals surface area contributed by atoms with E-state index in [9.17, 15) is 13.2 Å². The topological polar surface area (TPSA) is 90.7 Å². The molecule has 7 nitrogen and oxygen atoms in total. The summed E-state index contributed by atoms with van der Waals surface area (Å²) in [6.07, 6.45) is 0. The lowest BCUT2D eigenvalue weighted by Crippen LogP contribution is -2.32. The molecule has 0 saturated carbocycles. The zero-order valence-corrected chi connectivity index (χ0v) is 19.9. The average Bonchev–Trinajstić information content (AvgIpc) is 3.05. The molecule has 34 heavy (non-hydrogen) atoms. The van der Waals surface area contributed by atoms with Crippen molar-refractivity contribution >= 4 is 21.6 Å². The number of rotatable bonds is 5. The summed E-state index contributed by atoms with van der Waals surface area (Å²) in [6, 6.07) is 21.3. The number of ether oxygens (including phenoxy) is 1. The van der Waals surface area contributed by atoms with Crippen LogP contribution in [0.25, 0.3) is 0 Å². The molecule has 1 heterocycles. The Balaban J connectivity index is 1.62. The molecule has 0 unspecified atom stereocenters. The van der Waals surface area contributed by atoms with E-state index in [1.165, 1.54) is 23.4 Å². The summed E-state index contributed by atoms with van der Waals surface area (Å²) in [5.74, 6) is 0.536. The Morgan fingerprint density at radius 1 is 1.12 bits per heavy atom. The first kappa shape index (κ1) is 23.5. The highest BCUT2D eigenvalue weighted by Gasteiger charge is 2.28. The summed E-state index contributed by atoms with van der Waals surface area (Å²) >= 11 is 0. The van der Waals surface area contributed by atoms with Gasteiger partial charge in [-0.15, -0.1) is 0 Å². The Kier molecular flexibility index (Phi) is 6.68. The van der Waals surface area contributed by atoms with Crippen molar-refractivity contribution in [3.05, 3.63) is 89.0 Å². The van der Waals surface area contributed by atoms with E-state index in [1.807, 2.05) is 55.5 Å². The smallest absolute Gasteiger partial charge is 0.243 e. The molecule has 1 aliphatic heterocycles. The predicted molar refractivity (Wildman–Crippen MR) is 129 cm³/mol. The number of anilines is 1. The highest BCUT2D eigenvalue weighted by atomic mass is 32.2. The summed E-state index contributed by atoms with van der Waals surface area (Å²) in [5, 5.41) is 9.14. The maximum atomic E-state index is 13.3. The number of nitrogens with zero attached hydrogens (tertiary/aromatic N) is 3. The van der Waals surface area contributed by atoms with Crippen molar-refractivity contribution < 1.29 is 17.9 Å². The number of benzene rings is 3. The van der Waals surface area contributed by atoms with Crippen molar-refractivity contribution in [1.82, 2.24) is 4.31 Å². The largest absolute Gasteiger partial charge is 0.492 e. The number of carbonyl (C=O) groups excluding carboxylic acids is 1. The van der Waals surface area contributed by atoms with Crippen molar-refractivity contribution in [3.8, 4) is 11.8 Å². The molecule has 3 aromatic rings. The van der Waals surface area contributed by atoms with Gasteiger partial charge in [0.25, 0.3) is 0 Å². The molecule has 1 amide bonds. The molecule has 0 bridgehead atoms. The summed E-state index contributed by atoms with van der Waals surface area (Å²) in [7, 11) is -3.82. The zero-order chi connectivity index (χ0) is 24.3. The lowest BCUT2D eigenvalue weighted by atomic mass is 10.1. The number of hydrogen-bond acceptors (Lipinski definition) is 5. The number of nitriles is 1. The van der Waals surface area contributed by atoms with E-state index in [0.29, 0.717) is 12.3 Å². The van der Waals surface area contributed by atoms with Gasteiger partial charge in [0.05, 0.1) is 23.1 Å². The number of sulfonamides is 1. The van der Waals surface area contributed by atoms with Gasteiger partial charge in [0, 0.05) is 31.3 Å². The lowest BCUT2D eigenvalue weighted by Gasteiger charge is -2.23. The molecule has 0 N–H and O–H groups in total.